The molecule has 21 heavy (non-hydrogen) atoms. The van der Waals surface area contributed by atoms with Crippen LogP contribution in [0.4, 0.5) is 0 Å². The van der Waals surface area contributed by atoms with Crippen molar-refractivity contribution in [1.82, 2.24) is 20.4 Å². The molecule has 0 amide bonds. The van der Waals surface area contributed by atoms with Gasteiger partial charge >= 0.3 is 0 Å². The second kappa shape index (κ2) is 5.82. The number of rotatable bonds is 4. The Kier molecular flexibility index (Phi) is 3.72. The lowest BCUT2D eigenvalue weighted by molar-refractivity contribution is 0.395. The molecule has 2 heterocycles. The summed E-state index contributed by atoms with van der Waals surface area (Å²) < 4.78 is 5.14. The molecule has 0 saturated heterocycles. The molecule has 0 radical (unpaired) electrons. The summed E-state index contributed by atoms with van der Waals surface area (Å²) in [5.41, 5.74) is 4.47. The topological polar surface area (TPSA) is 86.0 Å². The van der Waals surface area contributed by atoms with Crippen LogP contribution in [0.25, 0.3) is 10.8 Å². The molecule has 3 aromatic rings. The fourth-order valence-electron chi connectivity index (χ4n) is 2.33. The van der Waals surface area contributed by atoms with E-state index in [1.807, 2.05) is 30.5 Å². The summed E-state index contributed by atoms with van der Waals surface area (Å²) in [4.78, 5) is 12.6. The van der Waals surface area contributed by atoms with Gasteiger partial charge in [0.25, 0.3) is 0 Å². The number of fused-ring (bicyclic) bond motifs is 1. The number of aromatic nitrogens is 3. The number of methoxy groups -OCH3 is 1. The maximum absolute atomic E-state index is 5.74. The van der Waals surface area contributed by atoms with E-state index in [1.165, 1.54) is 6.33 Å². The third kappa shape index (κ3) is 2.54. The molecular weight excluding hydrogens is 266 g/mol. The highest BCUT2D eigenvalue weighted by atomic mass is 16.5. The Morgan fingerprint density at radius 3 is 2.86 bits per heavy atom. The van der Waals surface area contributed by atoms with Gasteiger partial charge in [0, 0.05) is 29.4 Å². The summed E-state index contributed by atoms with van der Waals surface area (Å²) in [6, 6.07) is 9.48. The van der Waals surface area contributed by atoms with Crippen LogP contribution in [0.3, 0.4) is 0 Å². The van der Waals surface area contributed by atoms with Gasteiger partial charge in [0.05, 0.1) is 18.8 Å². The van der Waals surface area contributed by atoms with E-state index >= 15 is 0 Å². The van der Waals surface area contributed by atoms with Crippen LogP contribution in [0.2, 0.25) is 0 Å². The molecule has 3 N–H and O–H groups in total. The molecule has 0 aliphatic rings. The molecule has 0 bridgehead atoms. The van der Waals surface area contributed by atoms with E-state index in [9.17, 15) is 0 Å². The number of hydrogen-bond acceptors (Lipinski definition) is 6. The zero-order valence-electron chi connectivity index (χ0n) is 11.5. The van der Waals surface area contributed by atoms with Crippen LogP contribution in [0, 0.1) is 0 Å². The van der Waals surface area contributed by atoms with Crippen molar-refractivity contribution in [2.75, 3.05) is 7.11 Å². The van der Waals surface area contributed by atoms with Crippen LogP contribution < -0.4 is 16.0 Å². The second-order valence-corrected chi connectivity index (χ2v) is 4.53. The standard InChI is InChI=1S/C15H15N5O/c1-21-14-6-13(18-9-19-14)15(20-16)12-8-17-7-10-4-2-3-5-11(10)12/h2-9,15,20H,16H2,1H3. The quantitative estimate of drug-likeness (QED) is 0.558. The molecule has 0 saturated carbocycles. The van der Waals surface area contributed by atoms with E-state index in [1.54, 1.807) is 19.4 Å². The number of nitrogens with two attached hydrogens (primary N) is 1. The molecular formula is C15H15N5O. The summed E-state index contributed by atoms with van der Waals surface area (Å²) in [5, 5.41) is 2.13. The first-order valence-corrected chi connectivity index (χ1v) is 6.48. The number of nitrogens with one attached hydrogen (secondary N) is 1. The number of hydrazine groups is 1. The molecule has 1 aromatic carbocycles. The Bertz CT molecular complexity index is 756. The predicted octanol–water partition coefficient (Wildman–Crippen LogP) is 1.59. The molecule has 2 aromatic heterocycles. The Hall–Kier alpha value is -2.57. The molecule has 0 fully saturated rings. The smallest absolute Gasteiger partial charge is 0.216 e. The number of pyridine rings is 1. The van der Waals surface area contributed by atoms with Gasteiger partial charge in [-0.2, -0.15) is 0 Å². The van der Waals surface area contributed by atoms with Gasteiger partial charge in [-0.05, 0) is 5.39 Å². The van der Waals surface area contributed by atoms with Crippen molar-refractivity contribution in [3.8, 4) is 5.88 Å². The Morgan fingerprint density at radius 2 is 2.05 bits per heavy atom. The first-order chi connectivity index (χ1) is 10.3. The molecule has 0 spiro atoms. The summed E-state index contributed by atoms with van der Waals surface area (Å²) in [7, 11) is 1.57. The Balaban J connectivity index is 2.13. The molecule has 6 heteroatoms. The Morgan fingerprint density at radius 1 is 1.19 bits per heavy atom. The average molecular weight is 281 g/mol. The minimum atomic E-state index is -0.291. The zero-order valence-corrected chi connectivity index (χ0v) is 11.5. The van der Waals surface area contributed by atoms with Gasteiger partial charge in [-0.1, -0.05) is 24.3 Å². The fourth-order valence-corrected chi connectivity index (χ4v) is 2.33. The number of hydrogen-bond donors (Lipinski definition) is 2. The predicted molar refractivity (Wildman–Crippen MR) is 79.5 cm³/mol. The van der Waals surface area contributed by atoms with Crippen LogP contribution in [0.15, 0.2) is 49.1 Å². The van der Waals surface area contributed by atoms with Crippen LogP contribution in [-0.4, -0.2) is 22.1 Å². The van der Waals surface area contributed by atoms with Crippen LogP contribution in [0.5, 0.6) is 5.88 Å². The van der Waals surface area contributed by atoms with Crippen LogP contribution in [-0.2, 0) is 0 Å². The first kappa shape index (κ1) is 13.4. The largest absolute Gasteiger partial charge is 0.481 e. The van der Waals surface area contributed by atoms with E-state index in [2.05, 4.69) is 20.4 Å². The Labute approximate surface area is 122 Å². The van der Waals surface area contributed by atoms with Gasteiger partial charge in [-0.15, -0.1) is 0 Å². The number of benzene rings is 1. The lowest BCUT2D eigenvalue weighted by atomic mass is 9.99. The molecule has 1 atom stereocenters. The highest BCUT2D eigenvalue weighted by Crippen LogP contribution is 2.27. The molecule has 1 unspecified atom stereocenters. The molecule has 6 nitrogen and oxygen atoms in total. The minimum absolute atomic E-state index is 0.291. The number of ether oxygens (including phenoxy) is 1. The van der Waals surface area contributed by atoms with Crippen molar-refractivity contribution in [3.63, 3.8) is 0 Å². The van der Waals surface area contributed by atoms with Gasteiger partial charge in [0.2, 0.25) is 5.88 Å². The SMILES string of the molecule is COc1cc(C(NN)c2cncc3ccccc23)ncn1. The highest BCUT2D eigenvalue weighted by molar-refractivity contribution is 5.85. The fraction of sp³-hybridized carbons (Fsp3) is 0.133. The normalized spacial score (nSPS) is 12.3. The first-order valence-electron chi connectivity index (χ1n) is 6.48. The van der Waals surface area contributed by atoms with E-state index in [4.69, 9.17) is 10.6 Å². The summed E-state index contributed by atoms with van der Waals surface area (Å²) in [6.07, 6.45) is 5.07. The van der Waals surface area contributed by atoms with E-state index in [-0.39, 0.29) is 6.04 Å². The third-order valence-electron chi connectivity index (χ3n) is 3.34. The second-order valence-electron chi connectivity index (χ2n) is 4.53. The van der Waals surface area contributed by atoms with Crippen molar-refractivity contribution < 1.29 is 4.74 Å². The van der Waals surface area contributed by atoms with Crippen LogP contribution in [0.1, 0.15) is 17.3 Å². The molecule has 0 aliphatic carbocycles. The number of nitrogens with zero attached hydrogens (tertiary/aromatic N) is 3. The summed E-state index contributed by atoms with van der Waals surface area (Å²) in [5.74, 6) is 6.23. The van der Waals surface area contributed by atoms with Crippen LogP contribution >= 0.6 is 0 Å². The van der Waals surface area contributed by atoms with E-state index in [0.717, 1.165) is 22.0 Å². The van der Waals surface area contributed by atoms with Crippen molar-refractivity contribution in [1.29, 1.82) is 0 Å². The monoisotopic (exact) mass is 281 g/mol. The van der Waals surface area contributed by atoms with Gasteiger partial charge in [0.1, 0.15) is 6.33 Å². The highest BCUT2D eigenvalue weighted by Gasteiger charge is 2.17. The van der Waals surface area contributed by atoms with Crippen molar-refractivity contribution in [2.45, 2.75) is 6.04 Å². The molecule has 106 valence electrons. The summed E-state index contributed by atoms with van der Waals surface area (Å²) >= 11 is 0. The van der Waals surface area contributed by atoms with Crippen molar-refractivity contribution in [2.24, 2.45) is 5.84 Å². The third-order valence-corrected chi connectivity index (χ3v) is 3.34. The minimum Gasteiger partial charge on any atom is -0.481 e. The molecule has 0 aliphatic heterocycles. The lowest BCUT2D eigenvalue weighted by Gasteiger charge is -2.17. The lowest BCUT2D eigenvalue weighted by Crippen LogP contribution is -2.29. The van der Waals surface area contributed by atoms with E-state index in [0.29, 0.717) is 5.88 Å². The van der Waals surface area contributed by atoms with Gasteiger partial charge in [-0.3, -0.25) is 10.8 Å². The summed E-state index contributed by atoms with van der Waals surface area (Å²) in [6.45, 7) is 0. The zero-order chi connectivity index (χ0) is 14.7. The van der Waals surface area contributed by atoms with Gasteiger partial charge in [0.15, 0.2) is 0 Å². The van der Waals surface area contributed by atoms with Crippen molar-refractivity contribution in [3.05, 3.63) is 60.3 Å². The van der Waals surface area contributed by atoms with Gasteiger partial charge < -0.3 is 4.74 Å². The van der Waals surface area contributed by atoms with Gasteiger partial charge in [-0.25, -0.2) is 15.4 Å². The molecule has 3 rings (SSSR count). The average Bonchev–Trinajstić information content (AvgIpc) is 2.56. The maximum atomic E-state index is 5.74. The van der Waals surface area contributed by atoms with E-state index < -0.39 is 0 Å². The van der Waals surface area contributed by atoms with Crippen molar-refractivity contribution >= 4 is 10.8 Å². The maximum Gasteiger partial charge on any atom is 0.216 e.